The maximum absolute atomic E-state index is 12.8. The summed E-state index contributed by atoms with van der Waals surface area (Å²) >= 11 is 0. The van der Waals surface area contributed by atoms with Crippen LogP contribution in [0.3, 0.4) is 0 Å². The van der Waals surface area contributed by atoms with Gasteiger partial charge in [0.05, 0.1) is 13.2 Å². The van der Waals surface area contributed by atoms with Crippen molar-refractivity contribution in [2.45, 2.75) is 13.0 Å². The number of terminal acetylenes is 1. The highest BCUT2D eigenvalue weighted by Gasteiger charge is 2.15. The molecule has 1 amide bonds. The highest BCUT2D eigenvalue weighted by Crippen LogP contribution is 2.23. The number of carbonyl (C=O) groups is 1. The quantitative estimate of drug-likeness (QED) is 0.179. The van der Waals surface area contributed by atoms with Gasteiger partial charge in [0, 0.05) is 29.6 Å². The molecule has 6 heteroatoms. The topological polar surface area (TPSA) is 114 Å². The van der Waals surface area contributed by atoms with Crippen molar-refractivity contribution in [1.29, 1.82) is 5.41 Å². The molecule has 0 spiro atoms. The van der Waals surface area contributed by atoms with Gasteiger partial charge in [0.2, 0.25) is 5.91 Å². The lowest BCUT2D eigenvalue weighted by atomic mass is 9.99. The molecule has 6 N–H and O–H groups in total. The van der Waals surface area contributed by atoms with Crippen LogP contribution in [0.1, 0.15) is 29.7 Å². The Kier molecular flexibility index (Phi) is 7.98. The van der Waals surface area contributed by atoms with Crippen LogP contribution in [0.4, 0.5) is 5.69 Å². The first-order valence-electron chi connectivity index (χ1n) is 9.33. The Labute approximate surface area is 177 Å². The average Bonchev–Trinajstić information content (AvgIpc) is 2.77. The van der Waals surface area contributed by atoms with Gasteiger partial charge < -0.3 is 26.9 Å². The Bertz CT molecular complexity index is 1030. The lowest BCUT2D eigenvalue weighted by Crippen LogP contribution is -2.33. The van der Waals surface area contributed by atoms with Crippen molar-refractivity contribution in [2.75, 3.05) is 19.4 Å². The zero-order valence-corrected chi connectivity index (χ0v) is 17.1. The molecule has 0 saturated carbocycles. The van der Waals surface area contributed by atoms with Crippen LogP contribution in [0.15, 0.2) is 60.2 Å². The first-order valence-corrected chi connectivity index (χ1v) is 9.33. The molecule has 0 aliphatic heterocycles. The summed E-state index contributed by atoms with van der Waals surface area (Å²) in [5.41, 5.74) is 15.6. The van der Waals surface area contributed by atoms with Crippen molar-refractivity contribution < 1.29 is 9.53 Å². The van der Waals surface area contributed by atoms with E-state index >= 15 is 0 Å². The Hall–Kier alpha value is -3.82. The summed E-state index contributed by atoms with van der Waals surface area (Å²) in [5.74, 6) is 2.92. The van der Waals surface area contributed by atoms with Crippen LogP contribution in [0.2, 0.25) is 0 Å². The number of hydrogen-bond acceptors (Lipinski definition) is 5. The van der Waals surface area contributed by atoms with Gasteiger partial charge >= 0.3 is 0 Å². The standard InChI is InChI=1S/C24H26N4O2/c1-4-6-17(18-9-10-22(27)20(12-18)14-25)11-16(2)24(29)28-23(15-26)19-7-5-8-21(13-19)30-3/h1,5-14,23,25H,15,26-27H2,2-3H3,(H,28,29)/b16-11+,17-6+,25-14?. The maximum Gasteiger partial charge on any atom is 0.247 e. The van der Waals surface area contributed by atoms with E-state index in [0.29, 0.717) is 28.1 Å². The molecule has 0 aliphatic rings. The van der Waals surface area contributed by atoms with Crippen LogP contribution in [0.25, 0.3) is 5.57 Å². The zero-order chi connectivity index (χ0) is 22.1. The van der Waals surface area contributed by atoms with Gasteiger partial charge in [0.15, 0.2) is 0 Å². The molecule has 6 nitrogen and oxygen atoms in total. The summed E-state index contributed by atoms with van der Waals surface area (Å²) in [6.07, 6.45) is 9.92. The van der Waals surface area contributed by atoms with E-state index in [1.807, 2.05) is 24.3 Å². The predicted molar refractivity (Wildman–Crippen MR) is 122 cm³/mol. The number of benzene rings is 2. The van der Waals surface area contributed by atoms with Gasteiger partial charge in [-0.1, -0.05) is 24.1 Å². The van der Waals surface area contributed by atoms with E-state index in [2.05, 4.69) is 11.2 Å². The van der Waals surface area contributed by atoms with Gasteiger partial charge in [-0.2, -0.15) is 0 Å². The Morgan fingerprint density at radius 2 is 2.10 bits per heavy atom. The fourth-order valence-electron chi connectivity index (χ4n) is 2.88. The maximum atomic E-state index is 12.8. The second-order valence-corrected chi connectivity index (χ2v) is 6.62. The normalized spacial score (nSPS) is 12.6. The van der Waals surface area contributed by atoms with Crippen molar-refractivity contribution in [2.24, 2.45) is 5.73 Å². The van der Waals surface area contributed by atoms with E-state index in [-0.39, 0.29) is 18.5 Å². The molecule has 0 fully saturated rings. The minimum atomic E-state index is -0.364. The largest absolute Gasteiger partial charge is 0.497 e. The molecule has 0 radical (unpaired) electrons. The van der Waals surface area contributed by atoms with Gasteiger partial charge in [-0.15, -0.1) is 6.42 Å². The Morgan fingerprint density at radius 1 is 1.33 bits per heavy atom. The van der Waals surface area contributed by atoms with Crippen molar-refractivity contribution in [3.63, 3.8) is 0 Å². The molecule has 0 saturated heterocycles. The molecule has 154 valence electrons. The van der Waals surface area contributed by atoms with Crippen LogP contribution < -0.4 is 21.5 Å². The minimum absolute atomic E-state index is 0.236. The smallest absolute Gasteiger partial charge is 0.247 e. The van der Waals surface area contributed by atoms with E-state index in [1.54, 1.807) is 44.4 Å². The number of rotatable bonds is 8. The molecular weight excluding hydrogens is 376 g/mol. The summed E-state index contributed by atoms with van der Waals surface area (Å²) in [6.45, 7) is 1.94. The molecular formula is C24H26N4O2. The van der Waals surface area contributed by atoms with Crippen molar-refractivity contribution in [1.82, 2.24) is 5.32 Å². The number of hydrogen-bond donors (Lipinski definition) is 4. The average molecular weight is 402 g/mol. The van der Waals surface area contributed by atoms with Gasteiger partial charge in [-0.3, -0.25) is 4.79 Å². The van der Waals surface area contributed by atoms with Gasteiger partial charge in [0.25, 0.3) is 0 Å². The third-order valence-corrected chi connectivity index (χ3v) is 4.58. The lowest BCUT2D eigenvalue weighted by Gasteiger charge is -2.18. The molecule has 0 aliphatic carbocycles. The van der Waals surface area contributed by atoms with E-state index in [9.17, 15) is 4.79 Å². The highest BCUT2D eigenvalue weighted by atomic mass is 16.5. The number of nitrogens with one attached hydrogen (secondary N) is 2. The fraction of sp³-hybridized carbons (Fsp3) is 0.167. The molecule has 0 bridgehead atoms. The van der Waals surface area contributed by atoms with E-state index in [0.717, 1.165) is 11.1 Å². The number of methoxy groups -OCH3 is 1. The van der Waals surface area contributed by atoms with E-state index in [1.165, 1.54) is 6.21 Å². The summed E-state index contributed by atoms with van der Waals surface area (Å²) < 4.78 is 5.24. The molecule has 0 heterocycles. The summed E-state index contributed by atoms with van der Waals surface area (Å²) in [6, 6.07) is 12.3. The number of ether oxygens (including phenoxy) is 1. The molecule has 0 aromatic heterocycles. The second kappa shape index (κ2) is 10.6. The summed E-state index contributed by atoms with van der Waals surface area (Å²) in [5, 5.41) is 10.4. The molecule has 1 atom stereocenters. The first-order chi connectivity index (χ1) is 14.4. The predicted octanol–water partition coefficient (Wildman–Crippen LogP) is 3.05. The molecule has 2 aromatic carbocycles. The minimum Gasteiger partial charge on any atom is -0.497 e. The van der Waals surface area contributed by atoms with Crippen molar-refractivity contribution in [3.8, 4) is 18.1 Å². The Morgan fingerprint density at radius 3 is 2.73 bits per heavy atom. The third-order valence-electron chi connectivity index (χ3n) is 4.58. The number of anilines is 1. The molecule has 1 unspecified atom stereocenters. The fourth-order valence-corrected chi connectivity index (χ4v) is 2.88. The van der Waals surface area contributed by atoms with Crippen LogP contribution in [0.5, 0.6) is 5.75 Å². The van der Waals surface area contributed by atoms with E-state index in [4.69, 9.17) is 28.0 Å². The molecule has 2 rings (SSSR count). The van der Waals surface area contributed by atoms with Gasteiger partial charge in [0.1, 0.15) is 5.75 Å². The van der Waals surface area contributed by atoms with Crippen LogP contribution in [0, 0.1) is 17.8 Å². The lowest BCUT2D eigenvalue weighted by molar-refractivity contribution is -0.118. The second-order valence-electron chi connectivity index (χ2n) is 6.62. The third kappa shape index (κ3) is 5.60. The van der Waals surface area contributed by atoms with Gasteiger partial charge in [-0.25, -0.2) is 0 Å². The number of allylic oxidation sites excluding steroid dienone is 3. The zero-order valence-electron chi connectivity index (χ0n) is 17.1. The number of carbonyl (C=O) groups excluding carboxylic acids is 1. The van der Waals surface area contributed by atoms with Crippen molar-refractivity contribution in [3.05, 3.63) is 76.9 Å². The van der Waals surface area contributed by atoms with Gasteiger partial charge in [-0.05, 0) is 60.0 Å². The molecule has 2 aromatic rings. The van der Waals surface area contributed by atoms with Crippen LogP contribution in [-0.4, -0.2) is 25.8 Å². The summed E-state index contributed by atoms with van der Waals surface area (Å²) in [7, 11) is 1.59. The first kappa shape index (κ1) is 22.5. The van der Waals surface area contributed by atoms with Crippen molar-refractivity contribution >= 4 is 23.4 Å². The number of nitrogen functional groups attached to an aromatic ring is 1. The Balaban J connectivity index is 2.28. The monoisotopic (exact) mass is 402 g/mol. The van der Waals surface area contributed by atoms with Crippen LogP contribution in [-0.2, 0) is 4.79 Å². The summed E-state index contributed by atoms with van der Waals surface area (Å²) in [4.78, 5) is 12.8. The van der Waals surface area contributed by atoms with E-state index < -0.39 is 0 Å². The number of nitrogens with two attached hydrogens (primary N) is 2. The highest BCUT2D eigenvalue weighted by molar-refractivity contribution is 5.97. The molecule has 30 heavy (non-hydrogen) atoms. The van der Waals surface area contributed by atoms with Crippen LogP contribution >= 0.6 is 0 Å². The number of amides is 1. The SMILES string of the molecule is C#C/C=C(\C=C(/C)C(=O)NC(CN)c1cccc(OC)c1)c1ccc(N)c(C=N)c1.